The van der Waals surface area contributed by atoms with E-state index in [-0.39, 0.29) is 18.6 Å². The highest BCUT2D eigenvalue weighted by Crippen LogP contribution is 2.27. The maximum absolute atomic E-state index is 12.2. The fourth-order valence-corrected chi connectivity index (χ4v) is 2.69. The fraction of sp³-hybridized carbons (Fsp3) is 0.250. The van der Waals surface area contributed by atoms with Gasteiger partial charge in [-0.15, -0.1) is 0 Å². The summed E-state index contributed by atoms with van der Waals surface area (Å²) in [4.78, 5) is 28.7. The third-order valence-corrected chi connectivity index (χ3v) is 4.04. The van der Waals surface area contributed by atoms with Gasteiger partial charge in [0.25, 0.3) is 5.56 Å². The van der Waals surface area contributed by atoms with Crippen LogP contribution in [0.2, 0.25) is 0 Å². The molecule has 140 valence electrons. The second-order valence-corrected chi connectivity index (χ2v) is 6.05. The van der Waals surface area contributed by atoms with Crippen molar-refractivity contribution in [2.24, 2.45) is 0 Å². The number of aromatic nitrogens is 2. The van der Waals surface area contributed by atoms with E-state index >= 15 is 0 Å². The number of ether oxygens (including phenoxy) is 3. The van der Waals surface area contributed by atoms with Gasteiger partial charge in [-0.05, 0) is 36.2 Å². The molecule has 3 aromatic rings. The monoisotopic (exact) mass is 368 g/mol. The SMILES string of the molecule is COc1ccc(CC(=O)OCc2cc(=O)n3cc(C)ccc3n2)cc1OC. The Bertz CT molecular complexity index is 1040. The Kier molecular flexibility index (Phi) is 5.40. The molecule has 0 aliphatic rings. The van der Waals surface area contributed by atoms with E-state index in [9.17, 15) is 9.59 Å². The lowest BCUT2D eigenvalue weighted by molar-refractivity contribution is -0.144. The van der Waals surface area contributed by atoms with Gasteiger partial charge in [0, 0.05) is 12.3 Å². The first-order chi connectivity index (χ1) is 13.0. The lowest BCUT2D eigenvalue weighted by Crippen LogP contribution is -2.17. The lowest BCUT2D eigenvalue weighted by Gasteiger charge is -2.10. The van der Waals surface area contributed by atoms with Crippen LogP contribution in [0.25, 0.3) is 5.65 Å². The molecular formula is C20H20N2O5. The number of aryl methyl sites for hydroxylation is 1. The minimum Gasteiger partial charge on any atom is -0.493 e. The number of nitrogens with zero attached hydrogens (tertiary/aromatic N) is 2. The summed E-state index contributed by atoms with van der Waals surface area (Å²) in [7, 11) is 3.08. The van der Waals surface area contributed by atoms with Crippen LogP contribution < -0.4 is 15.0 Å². The lowest BCUT2D eigenvalue weighted by atomic mass is 10.1. The van der Waals surface area contributed by atoms with E-state index in [1.807, 2.05) is 13.0 Å². The van der Waals surface area contributed by atoms with E-state index in [2.05, 4.69) is 4.98 Å². The molecule has 0 fully saturated rings. The van der Waals surface area contributed by atoms with Crippen LogP contribution in [0, 0.1) is 6.92 Å². The quantitative estimate of drug-likeness (QED) is 0.621. The summed E-state index contributed by atoms with van der Waals surface area (Å²) in [6, 6.07) is 10.2. The average molecular weight is 368 g/mol. The summed E-state index contributed by atoms with van der Waals surface area (Å²) in [6.45, 7) is 1.83. The zero-order chi connectivity index (χ0) is 19.4. The van der Waals surface area contributed by atoms with Crippen molar-refractivity contribution >= 4 is 11.6 Å². The molecule has 0 saturated heterocycles. The first-order valence-electron chi connectivity index (χ1n) is 8.35. The van der Waals surface area contributed by atoms with Gasteiger partial charge in [-0.1, -0.05) is 12.1 Å². The number of benzene rings is 1. The average Bonchev–Trinajstić information content (AvgIpc) is 2.67. The molecule has 0 radical (unpaired) electrons. The van der Waals surface area contributed by atoms with Crippen LogP contribution in [0.1, 0.15) is 16.8 Å². The molecule has 0 N–H and O–H groups in total. The summed E-state index contributed by atoms with van der Waals surface area (Å²) >= 11 is 0. The van der Waals surface area contributed by atoms with Gasteiger partial charge < -0.3 is 14.2 Å². The van der Waals surface area contributed by atoms with Gasteiger partial charge in [-0.3, -0.25) is 14.0 Å². The minimum absolute atomic E-state index is 0.0638. The molecule has 7 heteroatoms. The van der Waals surface area contributed by atoms with E-state index in [0.717, 1.165) is 11.1 Å². The molecule has 2 heterocycles. The van der Waals surface area contributed by atoms with Gasteiger partial charge in [0.2, 0.25) is 0 Å². The van der Waals surface area contributed by atoms with Crippen molar-refractivity contribution in [1.82, 2.24) is 9.38 Å². The Balaban J connectivity index is 1.68. The summed E-state index contributed by atoms with van der Waals surface area (Å²) in [5.41, 5.74) is 2.40. The zero-order valence-electron chi connectivity index (χ0n) is 15.4. The molecule has 27 heavy (non-hydrogen) atoms. The Morgan fingerprint density at radius 2 is 1.85 bits per heavy atom. The topological polar surface area (TPSA) is 79.1 Å². The molecule has 3 rings (SSSR count). The van der Waals surface area contributed by atoms with Crippen LogP contribution in [0.3, 0.4) is 0 Å². The molecule has 1 aromatic carbocycles. The van der Waals surface area contributed by atoms with Gasteiger partial charge in [0.1, 0.15) is 12.3 Å². The second kappa shape index (κ2) is 7.90. The first kappa shape index (κ1) is 18.4. The summed E-state index contributed by atoms with van der Waals surface area (Å²) in [5.74, 6) is 0.709. The molecule has 0 amide bonds. The highest BCUT2D eigenvalue weighted by molar-refractivity contribution is 5.73. The maximum atomic E-state index is 12.2. The van der Waals surface area contributed by atoms with Crippen molar-refractivity contribution in [1.29, 1.82) is 0 Å². The third-order valence-electron chi connectivity index (χ3n) is 4.04. The van der Waals surface area contributed by atoms with Gasteiger partial charge in [-0.2, -0.15) is 0 Å². The number of hydrogen-bond donors (Lipinski definition) is 0. The molecule has 0 aliphatic carbocycles. The largest absolute Gasteiger partial charge is 0.493 e. The van der Waals surface area contributed by atoms with Gasteiger partial charge in [0.15, 0.2) is 11.5 Å². The van der Waals surface area contributed by atoms with Crippen LogP contribution in [0.15, 0.2) is 47.4 Å². The number of carbonyl (C=O) groups excluding carboxylic acids is 1. The zero-order valence-corrected chi connectivity index (χ0v) is 15.4. The second-order valence-electron chi connectivity index (χ2n) is 6.05. The van der Waals surface area contributed by atoms with E-state index in [4.69, 9.17) is 14.2 Å². The highest BCUT2D eigenvalue weighted by atomic mass is 16.5. The molecule has 0 spiro atoms. The first-order valence-corrected chi connectivity index (χ1v) is 8.35. The molecule has 0 atom stereocenters. The molecule has 0 saturated carbocycles. The molecule has 0 aliphatic heterocycles. The number of fused-ring (bicyclic) bond motifs is 1. The Morgan fingerprint density at radius 1 is 1.07 bits per heavy atom. The predicted octanol–water partition coefficient (Wildman–Crippen LogP) is 2.31. The number of esters is 1. The maximum Gasteiger partial charge on any atom is 0.310 e. The Labute approximate surface area is 156 Å². The normalized spacial score (nSPS) is 10.6. The van der Waals surface area contributed by atoms with E-state index in [1.54, 1.807) is 37.6 Å². The Hall–Kier alpha value is -3.35. The van der Waals surface area contributed by atoms with Crippen molar-refractivity contribution in [2.45, 2.75) is 20.0 Å². The van der Waals surface area contributed by atoms with Gasteiger partial charge in [0.05, 0.1) is 26.3 Å². The van der Waals surface area contributed by atoms with E-state index in [1.165, 1.54) is 17.6 Å². The summed E-state index contributed by atoms with van der Waals surface area (Å²) in [6.07, 6.45) is 1.80. The number of rotatable bonds is 6. The van der Waals surface area contributed by atoms with Crippen LogP contribution in [0.5, 0.6) is 11.5 Å². The third kappa shape index (κ3) is 4.25. The number of hydrogen-bond acceptors (Lipinski definition) is 6. The van der Waals surface area contributed by atoms with Gasteiger partial charge in [-0.25, -0.2) is 4.98 Å². The van der Waals surface area contributed by atoms with Crippen LogP contribution in [-0.2, 0) is 22.6 Å². The van der Waals surface area contributed by atoms with Crippen molar-refractivity contribution < 1.29 is 19.0 Å². The van der Waals surface area contributed by atoms with Crippen LogP contribution in [-0.4, -0.2) is 29.6 Å². The van der Waals surface area contributed by atoms with E-state index in [0.29, 0.717) is 22.8 Å². The standard InChI is InChI=1S/C20H20N2O5/c1-13-4-7-18-21-15(10-19(23)22(18)11-13)12-27-20(24)9-14-5-6-16(25-2)17(8-14)26-3/h4-8,10-11H,9,12H2,1-3H3. The van der Waals surface area contributed by atoms with Crippen molar-refractivity contribution in [3.8, 4) is 11.5 Å². The van der Waals surface area contributed by atoms with Crippen molar-refractivity contribution in [2.75, 3.05) is 14.2 Å². The number of methoxy groups -OCH3 is 2. The highest BCUT2D eigenvalue weighted by Gasteiger charge is 2.11. The molecule has 0 bridgehead atoms. The Morgan fingerprint density at radius 3 is 2.59 bits per heavy atom. The van der Waals surface area contributed by atoms with Gasteiger partial charge >= 0.3 is 5.97 Å². The van der Waals surface area contributed by atoms with Crippen molar-refractivity contribution in [3.63, 3.8) is 0 Å². The molecular weight excluding hydrogens is 348 g/mol. The fourth-order valence-electron chi connectivity index (χ4n) is 2.69. The molecule has 7 nitrogen and oxygen atoms in total. The minimum atomic E-state index is -0.423. The number of pyridine rings is 1. The summed E-state index contributed by atoms with van der Waals surface area (Å²) < 4.78 is 17.1. The predicted molar refractivity (Wildman–Crippen MR) is 99.2 cm³/mol. The van der Waals surface area contributed by atoms with Crippen molar-refractivity contribution in [3.05, 3.63) is 69.8 Å². The molecule has 0 unspecified atom stereocenters. The van der Waals surface area contributed by atoms with Crippen LogP contribution in [0.4, 0.5) is 0 Å². The van der Waals surface area contributed by atoms with E-state index < -0.39 is 5.97 Å². The summed E-state index contributed by atoms with van der Waals surface area (Å²) in [5, 5.41) is 0. The number of carbonyl (C=O) groups is 1. The smallest absolute Gasteiger partial charge is 0.310 e. The van der Waals surface area contributed by atoms with Crippen LogP contribution >= 0.6 is 0 Å². The molecule has 2 aromatic heterocycles.